The molecule has 1 amide bonds. The lowest BCUT2D eigenvalue weighted by molar-refractivity contribution is 0.0920. The first-order valence-corrected chi connectivity index (χ1v) is 7.27. The molecule has 1 aliphatic rings. The summed E-state index contributed by atoms with van der Waals surface area (Å²) >= 11 is 0. The Morgan fingerprint density at radius 1 is 1.36 bits per heavy atom. The zero-order valence-electron chi connectivity index (χ0n) is 12.4. The number of hydrogen-bond acceptors (Lipinski definition) is 4. The first-order chi connectivity index (χ1) is 10.2. The minimum Gasteiger partial charge on any atom is -0.444 e. The van der Waals surface area contributed by atoms with Gasteiger partial charge in [-0.25, -0.2) is 4.98 Å². The van der Waals surface area contributed by atoms with Crippen LogP contribution in [0.1, 0.15) is 30.3 Å². The highest BCUT2D eigenvalue weighted by Crippen LogP contribution is 2.18. The van der Waals surface area contributed by atoms with Crippen LogP contribution in [0.2, 0.25) is 0 Å². The van der Waals surface area contributed by atoms with Gasteiger partial charge in [-0.15, -0.1) is 12.4 Å². The van der Waals surface area contributed by atoms with Crippen molar-refractivity contribution in [3.63, 3.8) is 0 Å². The van der Waals surface area contributed by atoms with E-state index in [1.54, 1.807) is 0 Å². The molecule has 0 saturated carbocycles. The molecule has 2 unspecified atom stereocenters. The summed E-state index contributed by atoms with van der Waals surface area (Å²) in [5, 5.41) is 6.39. The zero-order valence-corrected chi connectivity index (χ0v) is 13.2. The van der Waals surface area contributed by atoms with Gasteiger partial charge in [-0.1, -0.05) is 18.2 Å². The van der Waals surface area contributed by atoms with Crippen molar-refractivity contribution >= 4 is 18.3 Å². The normalized spacial score (nSPS) is 21.0. The standard InChI is InChI=1S/C16H19N3O2.ClH/c1-11-9-13(7-8-17-11)18-15(20)14-10-21-16(19-14)12-5-3-2-4-6-12;/h2-6,10-11,13,17H,7-9H2,1H3,(H,18,20);1H. The van der Waals surface area contributed by atoms with Gasteiger partial charge in [0.2, 0.25) is 5.89 Å². The Balaban J connectivity index is 0.00000176. The van der Waals surface area contributed by atoms with Crippen molar-refractivity contribution in [2.45, 2.75) is 31.8 Å². The van der Waals surface area contributed by atoms with Crippen molar-refractivity contribution in [3.8, 4) is 11.5 Å². The second kappa shape index (κ2) is 7.42. The number of nitrogens with zero attached hydrogens (tertiary/aromatic N) is 1. The van der Waals surface area contributed by atoms with Crippen molar-refractivity contribution in [2.24, 2.45) is 0 Å². The molecule has 1 saturated heterocycles. The minimum absolute atomic E-state index is 0. The Morgan fingerprint density at radius 3 is 2.86 bits per heavy atom. The van der Waals surface area contributed by atoms with E-state index >= 15 is 0 Å². The van der Waals surface area contributed by atoms with E-state index in [0.29, 0.717) is 17.6 Å². The monoisotopic (exact) mass is 321 g/mol. The van der Waals surface area contributed by atoms with E-state index in [-0.39, 0.29) is 24.4 Å². The number of benzene rings is 1. The minimum atomic E-state index is -0.167. The molecule has 2 aromatic rings. The van der Waals surface area contributed by atoms with Crippen molar-refractivity contribution in [3.05, 3.63) is 42.3 Å². The average Bonchev–Trinajstić information content (AvgIpc) is 2.98. The van der Waals surface area contributed by atoms with Gasteiger partial charge in [0.25, 0.3) is 5.91 Å². The third-order valence-corrected chi connectivity index (χ3v) is 3.72. The quantitative estimate of drug-likeness (QED) is 0.912. The van der Waals surface area contributed by atoms with Crippen LogP contribution in [0.25, 0.3) is 11.5 Å². The summed E-state index contributed by atoms with van der Waals surface area (Å²) in [5.41, 5.74) is 1.20. The molecule has 6 heteroatoms. The molecule has 2 N–H and O–H groups in total. The Hall–Kier alpha value is -1.85. The van der Waals surface area contributed by atoms with Gasteiger partial charge < -0.3 is 15.1 Å². The third-order valence-electron chi connectivity index (χ3n) is 3.72. The lowest BCUT2D eigenvalue weighted by Gasteiger charge is -2.28. The number of aromatic nitrogens is 1. The molecule has 1 fully saturated rings. The van der Waals surface area contributed by atoms with E-state index in [4.69, 9.17) is 4.42 Å². The molecular formula is C16H20ClN3O2. The predicted octanol–water partition coefficient (Wildman–Crippen LogP) is 2.63. The van der Waals surface area contributed by atoms with Crippen LogP contribution in [0, 0.1) is 0 Å². The maximum Gasteiger partial charge on any atom is 0.273 e. The average molecular weight is 322 g/mol. The van der Waals surface area contributed by atoms with Crippen LogP contribution in [0.4, 0.5) is 0 Å². The number of carbonyl (C=O) groups is 1. The van der Waals surface area contributed by atoms with Crippen LogP contribution < -0.4 is 10.6 Å². The van der Waals surface area contributed by atoms with Gasteiger partial charge >= 0.3 is 0 Å². The van der Waals surface area contributed by atoms with Gasteiger partial charge in [-0.2, -0.15) is 0 Å². The molecule has 22 heavy (non-hydrogen) atoms. The maximum absolute atomic E-state index is 12.2. The van der Waals surface area contributed by atoms with Gasteiger partial charge in [0.1, 0.15) is 6.26 Å². The van der Waals surface area contributed by atoms with E-state index in [0.717, 1.165) is 24.9 Å². The molecular weight excluding hydrogens is 302 g/mol. The molecule has 3 rings (SSSR count). The summed E-state index contributed by atoms with van der Waals surface area (Å²) in [6, 6.07) is 10.2. The SMILES string of the molecule is CC1CC(NC(=O)c2coc(-c3ccccc3)n2)CCN1.Cl. The molecule has 0 aliphatic carbocycles. The smallest absolute Gasteiger partial charge is 0.273 e. The van der Waals surface area contributed by atoms with Crippen LogP contribution in [0.15, 0.2) is 41.0 Å². The number of halogens is 1. The number of rotatable bonds is 3. The fourth-order valence-corrected chi connectivity index (χ4v) is 2.61. The molecule has 2 atom stereocenters. The predicted molar refractivity (Wildman–Crippen MR) is 87.1 cm³/mol. The molecule has 118 valence electrons. The van der Waals surface area contributed by atoms with Gasteiger partial charge in [0.15, 0.2) is 5.69 Å². The van der Waals surface area contributed by atoms with Crippen molar-refractivity contribution < 1.29 is 9.21 Å². The molecule has 0 bridgehead atoms. The summed E-state index contributed by atoms with van der Waals surface area (Å²) in [5.74, 6) is 0.305. The van der Waals surface area contributed by atoms with Crippen molar-refractivity contribution in [1.29, 1.82) is 0 Å². The Bertz CT molecular complexity index is 615. The number of oxazole rings is 1. The first kappa shape index (κ1) is 16.5. The lowest BCUT2D eigenvalue weighted by Crippen LogP contribution is -2.46. The Kier molecular flexibility index (Phi) is 5.57. The molecule has 5 nitrogen and oxygen atoms in total. The lowest BCUT2D eigenvalue weighted by atomic mass is 10.0. The van der Waals surface area contributed by atoms with Gasteiger partial charge in [0, 0.05) is 17.6 Å². The first-order valence-electron chi connectivity index (χ1n) is 7.27. The van der Waals surface area contributed by atoms with E-state index in [1.165, 1.54) is 6.26 Å². The fraction of sp³-hybridized carbons (Fsp3) is 0.375. The largest absolute Gasteiger partial charge is 0.444 e. The molecule has 2 heterocycles. The Labute approximate surface area is 135 Å². The summed E-state index contributed by atoms with van der Waals surface area (Å²) in [7, 11) is 0. The summed E-state index contributed by atoms with van der Waals surface area (Å²) in [6.07, 6.45) is 3.30. The molecule has 1 aromatic heterocycles. The number of hydrogen-bond donors (Lipinski definition) is 2. The number of nitrogens with one attached hydrogen (secondary N) is 2. The van der Waals surface area contributed by atoms with Crippen LogP contribution in [-0.4, -0.2) is 29.5 Å². The molecule has 1 aliphatic heterocycles. The summed E-state index contributed by atoms with van der Waals surface area (Å²) in [4.78, 5) is 16.5. The van der Waals surface area contributed by atoms with E-state index in [2.05, 4.69) is 22.5 Å². The maximum atomic E-state index is 12.2. The number of amides is 1. The second-order valence-corrected chi connectivity index (χ2v) is 5.45. The Morgan fingerprint density at radius 2 is 2.14 bits per heavy atom. The highest BCUT2D eigenvalue weighted by atomic mass is 35.5. The molecule has 0 spiro atoms. The third kappa shape index (κ3) is 3.87. The zero-order chi connectivity index (χ0) is 14.7. The van der Waals surface area contributed by atoms with Crippen LogP contribution in [0.3, 0.4) is 0 Å². The van der Waals surface area contributed by atoms with E-state index in [9.17, 15) is 4.79 Å². The molecule has 1 aromatic carbocycles. The van der Waals surface area contributed by atoms with Crippen LogP contribution >= 0.6 is 12.4 Å². The van der Waals surface area contributed by atoms with Gasteiger partial charge in [-0.3, -0.25) is 4.79 Å². The summed E-state index contributed by atoms with van der Waals surface area (Å²) < 4.78 is 5.40. The second-order valence-electron chi connectivity index (χ2n) is 5.45. The number of carbonyl (C=O) groups excluding carboxylic acids is 1. The summed E-state index contributed by atoms with van der Waals surface area (Å²) in [6.45, 7) is 3.06. The topological polar surface area (TPSA) is 67.2 Å². The fourth-order valence-electron chi connectivity index (χ4n) is 2.61. The van der Waals surface area contributed by atoms with E-state index in [1.807, 2.05) is 30.3 Å². The van der Waals surface area contributed by atoms with Crippen LogP contribution in [-0.2, 0) is 0 Å². The van der Waals surface area contributed by atoms with Crippen molar-refractivity contribution in [1.82, 2.24) is 15.6 Å². The molecule has 0 radical (unpaired) electrons. The highest BCUT2D eigenvalue weighted by Gasteiger charge is 2.22. The van der Waals surface area contributed by atoms with Crippen LogP contribution in [0.5, 0.6) is 0 Å². The van der Waals surface area contributed by atoms with E-state index < -0.39 is 0 Å². The van der Waals surface area contributed by atoms with Gasteiger partial charge in [-0.05, 0) is 38.4 Å². The van der Waals surface area contributed by atoms with Crippen molar-refractivity contribution in [2.75, 3.05) is 6.54 Å². The van der Waals surface area contributed by atoms with Gasteiger partial charge in [0.05, 0.1) is 0 Å². The highest BCUT2D eigenvalue weighted by molar-refractivity contribution is 5.92. The number of piperidine rings is 1.